The molecule has 106 valence electrons. The fourth-order valence-corrected chi connectivity index (χ4v) is 3.11. The van der Waals surface area contributed by atoms with Gasteiger partial charge in [0.1, 0.15) is 5.82 Å². The van der Waals surface area contributed by atoms with E-state index in [1.54, 1.807) is 24.3 Å². The third-order valence-corrected chi connectivity index (χ3v) is 3.98. The zero-order valence-electron chi connectivity index (χ0n) is 10.6. The smallest absolute Gasteiger partial charge is 0.299 e. The van der Waals surface area contributed by atoms with Crippen LogP contribution >= 0.6 is 27.5 Å². The summed E-state index contributed by atoms with van der Waals surface area (Å²) >= 11 is 9.18. The lowest BCUT2D eigenvalue weighted by atomic mass is 10.1. The van der Waals surface area contributed by atoms with Gasteiger partial charge in [-0.3, -0.25) is 9.59 Å². The first-order valence-electron chi connectivity index (χ1n) is 6.07. The van der Waals surface area contributed by atoms with E-state index in [0.717, 1.165) is 0 Å². The Morgan fingerprint density at radius 1 is 1.19 bits per heavy atom. The molecule has 0 saturated heterocycles. The average molecular weight is 369 g/mol. The number of anilines is 1. The second-order valence-electron chi connectivity index (χ2n) is 4.63. The molecule has 21 heavy (non-hydrogen) atoms. The van der Waals surface area contributed by atoms with E-state index in [9.17, 15) is 14.0 Å². The number of hydrogen-bond acceptors (Lipinski definition) is 2. The van der Waals surface area contributed by atoms with E-state index in [2.05, 4.69) is 15.9 Å². The van der Waals surface area contributed by atoms with Gasteiger partial charge in [0.05, 0.1) is 22.8 Å². The Morgan fingerprint density at radius 2 is 1.95 bits per heavy atom. The zero-order chi connectivity index (χ0) is 15.1. The van der Waals surface area contributed by atoms with Crippen molar-refractivity contribution in [3.8, 4) is 0 Å². The maximum atomic E-state index is 13.4. The van der Waals surface area contributed by atoms with Gasteiger partial charge in [0, 0.05) is 4.47 Å². The van der Waals surface area contributed by atoms with Crippen molar-refractivity contribution in [2.45, 2.75) is 6.54 Å². The van der Waals surface area contributed by atoms with Gasteiger partial charge in [-0.25, -0.2) is 4.39 Å². The number of amides is 1. The number of carbonyl (C=O) groups excluding carboxylic acids is 2. The standard InChI is InChI=1S/C15H8BrClFNO2/c16-9-4-8(5-10(18)6-9)7-19-12-3-1-2-11(17)13(12)14(20)15(19)21/h1-6H,7H2. The Morgan fingerprint density at radius 3 is 2.67 bits per heavy atom. The Kier molecular flexibility index (Phi) is 3.55. The lowest BCUT2D eigenvalue weighted by molar-refractivity contribution is -0.114. The summed E-state index contributed by atoms with van der Waals surface area (Å²) < 4.78 is 14.0. The van der Waals surface area contributed by atoms with Crippen LogP contribution in [0.3, 0.4) is 0 Å². The molecule has 2 aromatic rings. The second kappa shape index (κ2) is 5.24. The third-order valence-electron chi connectivity index (χ3n) is 3.21. The van der Waals surface area contributed by atoms with Crippen molar-refractivity contribution < 1.29 is 14.0 Å². The number of ketones is 1. The second-order valence-corrected chi connectivity index (χ2v) is 5.95. The molecule has 0 radical (unpaired) electrons. The summed E-state index contributed by atoms with van der Waals surface area (Å²) in [5, 5.41) is 0.244. The summed E-state index contributed by atoms with van der Waals surface area (Å²) in [5.41, 5.74) is 1.24. The summed E-state index contributed by atoms with van der Waals surface area (Å²) in [6, 6.07) is 9.23. The van der Waals surface area contributed by atoms with Crippen LogP contribution in [0.1, 0.15) is 15.9 Å². The largest absolute Gasteiger partial charge is 0.300 e. The minimum atomic E-state index is -0.654. The zero-order valence-corrected chi connectivity index (χ0v) is 12.9. The lowest BCUT2D eigenvalue weighted by Gasteiger charge is -2.17. The number of halogens is 3. The summed E-state index contributed by atoms with van der Waals surface area (Å²) in [6.07, 6.45) is 0. The Hall–Kier alpha value is -1.72. The molecule has 0 bridgehead atoms. The Labute approximate surface area is 133 Å². The first-order chi connectivity index (χ1) is 9.97. The van der Waals surface area contributed by atoms with E-state index in [-0.39, 0.29) is 17.1 Å². The molecule has 3 nitrogen and oxygen atoms in total. The van der Waals surface area contributed by atoms with E-state index in [1.807, 2.05) is 0 Å². The van der Waals surface area contributed by atoms with Gasteiger partial charge in [0.25, 0.3) is 11.7 Å². The van der Waals surface area contributed by atoms with Crippen LogP contribution in [-0.4, -0.2) is 11.7 Å². The summed E-state index contributed by atoms with van der Waals surface area (Å²) in [6.45, 7) is 0.105. The number of benzene rings is 2. The summed E-state index contributed by atoms with van der Waals surface area (Å²) in [7, 11) is 0. The first-order valence-corrected chi connectivity index (χ1v) is 7.24. The van der Waals surface area contributed by atoms with Crippen molar-refractivity contribution in [1.82, 2.24) is 0 Å². The maximum Gasteiger partial charge on any atom is 0.299 e. The fraction of sp³-hybridized carbons (Fsp3) is 0.0667. The van der Waals surface area contributed by atoms with Crippen molar-refractivity contribution in [2.24, 2.45) is 0 Å². The average Bonchev–Trinajstić information content (AvgIpc) is 2.64. The molecule has 0 N–H and O–H groups in total. The molecule has 1 aliphatic rings. The summed E-state index contributed by atoms with van der Waals surface area (Å²) in [4.78, 5) is 25.4. The molecule has 0 saturated carbocycles. The molecule has 1 heterocycles. The normalized spacial score (nSPS) is 13.8. The Bertz CT molecular complexity index is 758. The molecule has 0 aromatic heterocycles. The highest BCUT2D eigenvalue weighted by atomic mass is 79.9. The monoisotopic (exact) mass is 367 g/mol. The molecule has 1 aliphatic heterocycles. The highest BCUT2D eigenvalue weighted by Crippen LogP contribution is 2.35. The predicted octanol–water partition coefficient (Wildman–Crippen LogP) is 3.97. The van der Waals surface area contributed by atoms with Crippen LogP contribution in [0.4, 0.5) is 10.1 Å². The molecule has 3 rings (SSSR count). The van der Waals surface area contributed by atoms with Crippen LogP contribution in [0.2, 0.25) is 5.02 Å². The van der Waals surface area contributed by atoms with E-state index >= 15 is 0 Å². The van der Waals surface area contributed by atoms with Gasteiger partial charge in [0.2, 0.25) is 0 Å². The van der Waals surface area contributed by atoms with Crippen LogP contribution < -0.4 is 4.90 Å². The maximum absolute atomic E-state index is 13.4. The first kappa shape index (κ1) is 14.2. The van der Waals surface area contributed by atoms with Gasteiger partial charge in [0.15, 0.2) is 0 Å². The number of nitrogens with zero attached hydrogens (tertiary/aromatic N) is 1. The topological polar surface area (TPSA) is 37.4 Å². The van der Waals surface area contributed by atoms with E-state index in [0.29, 0.717) is 15.7 Å². The van der Waals surface area contributed by atoms with Crippen LogP contribution in [0.25, 0.3) is 0 Å². The number of carbonyl (C=O) groups is 2. The van der Waals surface area contributed by atoms with Gasteiger partial charge in [-0.15, -0.1) is 0 Å². The molecule has 0 fully saturated rings. The highest BCUT2D eigenvalue weighted by Gasteiger charge is 2.37. The van der Waals surface area contributed by atoms with Crippen molar-refractivity contribution >= 4 is 44.9 Å². The van der Waals surface area contributed by atoms with Gasteiger partial charge < -0.3 is 4.90 Å². The predicted molar refractivity (Wildman–Crippen MR) is 81.1 cm³/mol. The SMILES string of the molecule is O=C1C(=O)N(Cc2cc(F)cc(Br)c2)c2cccc(Cl)c21. The van der Waals surface area contributed by atoms with Gasteiger partial charge in [-0.1, -0.05) is 33.6 Å². The fourth-order valence-electron chi connectivity index (χ4n) is 2.34. The molecule has 0 atom stereocenters. The van der Waals surface area contributed by atoms with E-state index in [4.69, 9.17) is 11.6 Å². The van der Waals surface area contributed by atoms with Crippen molar-refractivity contribution in [3.05, 3.63) is 62.8 Å². The van der Waals surface area contributed by atoms with E-state index < -0.39 is 17.5 Å². The van der Waals surface area contributed by atoms with Crippen molar-refractivity contribution in [3.63, 3.8) is 0 Å². The quantitative estimate of drug-likeness (QED) is 0.752. The van der Waals surface area contributed by atoms with Crippen LogP contribution in [0.5, 0.6) is 0 Å². The number of Topliss-reactive ketones (excluding diaryl/α,β-unsaturated/α-hetero) is 1. The van der Waals surface area contributed by atoms with Crippen molar-refractivity contribution in [2.75, 3.05) is 4.90 Å². The molecular weight excluding hydrogens is 361 g/mol. The minimum Gasteiger partial charge on any atom is -0.300 e. The van der Waals surface area contributed by atoms with E-state index in [1.165, 1.54) is 17.0 Å². The number of hydrogen-bond donors (Lipinski definition) is 0. The Balaban J connectivity index is 2.02. The molecule has 1 amide bonds. The molecule has 0 unspecified atom stereocenters. The minimum absolute atomic E-state index is 0.105. The highest BCUT2D eigenvalue weighted by molar-refractivity contribution is 9.10. The summed E-state index contributed by atoms with van der Waals surface area (Å²) in [5.74, 6) is -1.70. The van der Waals surface area contributed by atoms with Crippen molar-refractivity contribution in [1.29, 1.82) is 0 Å². The molecular formula is C15H8BrClFNO2. The molecule has 6 heteroatoms. The number of fused-ring (bicyclic) bond motifs is 1. The van der Waals surface area contributed by atoms with Gasteiger partial charge >= 0.3 is 0 Å². The lowest BCUT2D eigenvalue weighted by Crippen LogP contribution is -2.29. The van der Waals surface area contributed by atoms with Crippen LogP contribution in [-0.2, 0) is 11.3 Å². The van der Waals surface area contributed by atoms with Crippen LogP contribution in [0, 0.1) is 5.82 Å². The van der Waals surface area contributed by atoms with Gasteiger partial charge in [-0.05, 0) is 35.9 Å². The van der Waals surface area contributed by atoms with Crippen LogP contribution in [0.15, 0.2) is 40.9 Å². The van der Waals surface area contributed by atoms with Gasteiger partial charge in [-0.2, -0.15) is 0 Å². The third kappa shape index (κ3) is 2.47. The molecule has 0 spiro atoms. The molecule has 0 aliphatic carbocycles. The molecule has 2 aromatic carbocycles. The number of rotatable bonds is 2.